The van der Waals surface area contributed by atoms with Crippen molar-refractivity contribution < 1.29 is 14.3 Å². The molecule has 6 heteroatoms. The van der Waals surface area contributed by atoms with Crippen molar-refractivity contribution in [1.29, 1.82) is 0 Å². The van der Waals surface area contributed by atoms with E-state index in [0.29, 0.717) is 26.0 Å². The molecule has 27 heavy (non-hydrogen) atoms. The summed E-state index contributed by atoms with van der Waals surface area (Å²) in [6.07, 6.45) is 1.06. The first-order chi connectivity index (χ1) is 13.2. The van der Waals surface area contributed by atoms with E-state index in [1.807, 2.05) is 60.0 Å². The highest BCUT2D eigenvalue weighted by atomic mass is 32.1. The van der Waals surface area contributed by atoms with Gasteiger partial charge in [0.2, 0.25) is 5.91 Å². The number of rotatable bonds is 9. The number of hydrogen-bond donors (Lipinski definition) is 1. The van der Waals surface area contributed by atoms with Gasteiger partial charge in [0.1, 0.15) is 18.1 Å². The van der Waals surface area contributed by atoms with Crippen molar-refractivity contribution >= 4 is 17.2 Å². The van der Waals surface area contributed by atoms with Gasteiger partial charge in [-0.2, -0.15) is 0 Å². The van der Waals surface area contributed by atoms with Crippen molar-refractivity contribution in [3.05, 3.63) is 65.0 Å². The third-order valence-electron chi connectivity index (χ3n) is 3.94. The number of methoxy groups -OCH3 is 1. The molecule has 0 saturated carbocycles. The molecule has 3 aromatic rings. The van der Waals surface area contributed by atoms with Crippen molar-refractivity contribution in [2.45, 2.75) is 12.8 Å². The maximum absolute atomic E-state index is 12.0. The van der Waals surface area contributed by atoms with Crippen LogP contribution in [-0.4, -0.2) is 31.2 Å². The molecule has 0 spiro atoms. The average Bonchev–Trinajstić information content (AvgIpc) is 3.20. The predicted molar refractivity (Wildman–Crippen MR) is 107 cm³/mol. The summed E-state index contributed by atoms with van der Waals surface area (Å²) in [6, 6.07) is 17.4. The molecule has 0 unspecified atom stereocenters. The molecule has 0 bridgehead atoms. The number of benzene rings is 2. The van der Waals surface area contributed by atoms with Gasteiger partial charge in [0, 0.05) is 23.8 Å². The molecular weight excluding hydrogens is 360 g/mol. The number of nitrogens with zero attached hydrogens (tertiary/aromatic N) is 1. The highest BCUT2D eigenvalue weighted by Gasteiger charge is 2.07. The van der Waals surface area contributed by atoms with E-state index in [-0.39, 0.29) is 5.91 Å². The van der Waals surface area contributed by atoms with Crippen LogP contribution in [0.3, 0.4) is 0 Å². The van der Waals surface area contributed by atoms with Crippen LogP contribution in [0.5, 0.6) is 11.5 Å². The highest BCUT2D eigenvalue weighted by molar-refractivity contribution is 7.09. The van der Waals surface area contributed by atoms with Gasteiger partial charge in [-0.3, -0.25) is 4.79 Å². The van der Waals surface area contributed by atoms with Crippen LogP contribution in [-0.2, 0) is 11.2 Å². The van der Waals surface area contributed by atoms with Gasteiger partial charge in [-0.25, -0.2) is 4.98 Å². The van der Waals surface area contributed by atoms with Gasteiger partial charge in [0.15, 0.2) is 0 Å². The molecule has 5 nitrogen and oxygen atoms in total. The summed E-state index contributed by atoms with van der Waals surface area (Å²) in [5.74, 6) is 1.54. The zero-order chi connectivity index (χ0) is 18.9. The SMILES string of the molecule is COc1ccc(OCCNC(=O)CCc2nc(-c3ccccc3)cs2)cc1. The van der Waals surface area contributed by atoms with Gasteiger partial charge in [0.25, 0.3) is 0 Å². The van der Waals surface area contributed by atoms with Gasteiger partial charge in [-0.1, -0.05) is 30.3 Å². The number of thiazole rings is 1. The van der Waals surface area contributed by atoms with Gasteiger partial charge < -0.3 is 14.8 Å². The number of aromatic nitrogens is 1. The summed E-state index contributed by atoms with van der Waals surface area (Å²) in [5.41, 5.74) is 2.06. The first-order valence-electron chi connectivity index (χ1n) is 8.78. The van der Waals surface area contributed by atoms with Crippen LogP contribution in [0, 0.1) is 0 Å². The Kier molecular flexibility index (Phi) is 6.82. The molecule has 0 fully saturated rings. The lowest BCUT2D eigenvalue weighted by Crippen LogP contribution is -2.28. The van der Waals surface area contributed by atoms with Gasteiger partial charge in [0.05, 0.1) is 24.4 Å². The topological polar surface area (TPSA) is 60.5 Å². The molecule has 1 N–H and O–H groups in total. The van der Waals surface area contributed by atoms with Crippen LogP contribution in [0.1, 0.15) is 11.4 Å². The van der Waals surface area contributed by atoms with E-state index in [9.17, 15) is 4.79 Å². The van der Waals surface area contributed by atoms with E-state index < -0.39 is 0 Å². The quantitative estimate of drug-likeness (QED) is 0.569. The molecule has 1 aromatic heterocycles. The van der Waals surface area contributed by atoms with Crippen molar-refractivity contribution in [1.82, 2.24) is 10.3 Å². The van der Waals surface area contributed by atoms with E-state index in [0.717, 1.165) is 27.8 Å². The van der Waals surface area contributed by atoms with Gasteiger partial charge >= 0.3 is 0 Å². The minimum Gasteiger partial charge on any atom is -0.497 e. The third-order valence-corrected chi connectivity index (χ3v) is 4.85. The van der Waals surface area contributed by atoms with Crippen LogP contribution in [0.15, 0.2) is 60.0 Å². The Morgan fingerprint density at radius 3 is 2.56 bits per heavy atom. The Hall–Kier alpha value is -2.86. The van der Waals surface area contributed by atoms with E-state index in [1.165, 1.54) is 0 Å². The lowest BCUT2D eigenvalue weighted by molar-refractivity contribution is -0.121. The van der Waals surface area contributed by atoms with Crippen molar-refractivity contribution in [3.8, 4) is 22.8 Å². The lowest BCUT2D eigenvalue weighted by Gasteiger charge is -2.08. The smallest absolute Gasteiger partial charge is 0.220 e. The van der Waals surface area contributed by atoms with Crippen LogP contribution >= 0.6 is 11.3 Å². The Balaban J connectivity index is 1.35. The monoisotopic (exact) mass is 382 g/mol. The van der Waals surface area contributed by atoms with E-state index >= 15 is 0 Å². The molecule has 0 radical (unpaired) electrons. The maximum atomic E-state index is 12.0. The van der Waals surface area contributed by atoms with E-state index in [2.05, 4.69) is 10.3 Å². The number of hydrogen-bond acceptors (Lipinski definition) is 5. The molecule has 3 rings (SSSR count). The molecule has 0 aliphatic heterocycles. The summed E-state index contributed by atoms with van der Waals surface area (Å²) < 4.78 is 10.7. The average molecular weight is 382 g/mol. The first-order valence-corrected chi connectivity index (χ1v) is 9.66. The zero-order valence-corrected chi connectivity index (χ0v) is 16.0. The zero-order valence-electron chi connectivity index (χ0n) is 15.2. The standard InChI is InChI=1S/C21H22N2O3S/c1-25-17-7-9-18(10-8-17)26-14-13-22-20(24)11-12-21-23-19(15-27-21)16-5-3-2-4-6-16/h2-10,15H,11-14H2,1H3,(H,22,24). The molecule has 0 aliphatic carbocycles. The Morgan fingerprint density at radius 2 is 1.81 bits per heavy atom. The Labute approximate surface area is 163 Å². The summed E-state index contributed by atoms with van der Waals surface area (Å²) in [6.45, 7) is 0.894. The summed E-state index contributed by atoms with van der Waals surface area (Å²) >= 11 is 1.59. The number of nitrogens with one attached hydrogen (secondary N) is 1. The summed E-state index contributed by atoms with van der Waals surface area (Å²) in [5, 5.41) is 5.88. The van der Waals surface area contributed by atoms with Crippen molar-refractivity contribution in [3.63, 3.8) is 0 Å². The Bertz CT molecular complexity index is 847. The third kappa shape index (κ3) is 5.82. The number of carbonyl (C=O) groups is 1. The van der Waals surface area contributed by atoms with Crippen molar-refractivity contribution in [2.75, 3.05) is 20.3 Å². The molecule has 0 saturated heterocycles. The lowest BCUT2D eigenvalue weighted by atomic mass is 10.2. The summed E-state index contributed by atoms with van der Waals surface area (Å²) in [7, 11) is 1.62. The van der Waals surface area contributed by atoms with Gasteiger partial charge in [-0.15, -0.1) is 11.3 Å². The largest absolute Gasteiger partial charge is 0.497 e. The summed E-state index contributed by atoms with van der Waals surface area (Å²) in [4.78, 5) is 16.6. The molecule has 2 aromatic carbocycles. The second-order valence-corrected chi connectivity index (χ2v) is 6.81. The predicted octanol–water partition coefficient (Wildman–Crippen LogP) is 3.95. The van der Waals surface area contributed by atoms with Crippen LogP contribution < -0.4 is 14.8 Å². The number of aryl methyl sites for hydroxylation is 1. The number of amides is 1. The maximum Gasteiger partial charge on any atom is 0.220 e. The number of carbonyl (C=O) groups excluding carboxylic acids is 1. The normalized spacial score (nSPS) is 10.4. The molecule has 140 valence electrons. The molecule has 0 atom stereocenters. The van der Waals surface area contributed by atoms with E-state index in [4.69, 9.17) is 9.47 Å². The molecule has 0 aliphatic rings. The fraction of sp³-hybridized carbons (Fsp3) is 0.238. The first kappa shape index (κ1) is 18.9. The fourth-order valence-electron chi connectivity index (χ4n) is 2.51. The van der Waals surface area contributed by atoms with Crippen molar-refractivity contribution in [2.24, 2.45) is 0 Å². The minimum absolute atomic E-state index is 0.00444. The van der Waals surface area contributed by atoms with Crippen LogP contribution in [0.2, 0.25) is 0 Å². The van der Waals surface area contributed by atoms with Crippen LogP contribution in [0.4, 0.5) is 0 Å². The fourth-order valence-corrected chi connectivity index (χ4v) is 3.31. The Morgan fingerprint density at radius 1 is 1.07 bits per heavy atom. The minimum atomic E-state index is 0.00444. The molecule has 1 amide bonds. The van der Waals surface area contributed by atoms with Crippen LogP contribution in [0.25, 0.3) is 11.3 Å². The number of ether oxygens (including phenoxy) is 2. The second kappa shape index (κ2) is 9.73. The highest BCUT2D eigenvalue weighted by Crippen LogP contribution is 2.22. The van der Waals surface area contributed by atoms with Gasteiger partial charge in [-0.05, 0) is 24.3 Å². The van der Waals surface area contributed by atoms with E-state index in [1.54, 1.807) is 18.4 Å². The second-order valence-electron chi connectivity index (χ2n) is 5.87. The molecule has 1 heterocycles. The molecular formula is C21H22N2O3S.